The van der Waals surface area contributed by atoms with Gasteiger partial charge in [-0.3, -0.25) is 0 Å². The molecule has 1 aromatic heterocycles. The number of hydrogen-bond acceptors (Lipinski definition) is 3. The standard InChI is InChI=1S/C21H19BrFNO3/c1-14-12-20(15(2)24(14)18-8-6-17(23)7-9-18)21(25)27-11-10-26-19-5-3-4-16(22)13-19/h3-9,12-13H,10-11H2,1-2H3. The highest BCUT2D eigenvalue weighted by molar-refractivity contribution is 9.10. The molecule has 2 aromatic carbocycles. The van der Waals surface area contributed by atoms with E-state index in [1.165, 1.54) is 12.1 Å². The Morgan fingerprint density at radius 1 is 1.07 bits per heavy atom. The summed E-state index contributed by atoms with van der Waals surface area (Å²) in [4.78, 5) is 12.4. The van der Waals surface area contributed by atoms with Crippen LogP contribution >= 0.6 is 15.9 Å². The summed E-state index contributed by atoms with van der Waals surface area (Å²) in [5.41, 5.74) is 2.90. The second-order valence-corrected chi connectivity index (χ2v) is 6.95. The fourth-order valence-electron chi connectivity index (χ4n) is 2.89. The predicted molar refractivity (Wildman–Crippen MR) is 105 cm³/mol. The average Bonchev–Trinajstić information content (AvgIpc) is 2.94. The van der Waals surface area contributed by atoms with Crippen molar-refractivity contribution in [2.75, 3.05) is 13.2 Å². The molecular formula is C21H19BrFNO3. The van der Waals surface area contributed by atoms with Gasteiger partial charge in [-0.1, -0.05) is 22.0 Å². The summed E-state index contributed by atoms with van der Waals surface area (Å²) >= 11 is 3.38. The quantitative estimate of drug-likeness (QED) is 0.396. The van der Waals surface area contributed by atoms with Gasteiger partial charge in [-0.25, -0.2) is 9.18 Å². The van der Waals surface area contributed by atoms with E-state index in [-0.39, 0.29) is 19.0 Å². The molecule has 140 valence electrons. The first-order chi connectivity index (χ1) is 13.0. The van der Waals surface area contributed by atoms with Gasteiger partial charge >= 0.3 is 5.97 Å². The molecule has 0 aliphatic carbocycles. The number of hydrogen-bond donors (Lipinski definition) is 0. The summed E-state index contributed by atoms with van der Waals surface area (Å²) in [6.07, 6.45) is 0. The molecule has 0 aliphatic rings. The second-order valence-electron chi connectivity index (χ2n) is 6.04. The van der Waals surface area contributed by atoms with Crippen LogP contribution in [0.3, 0.4) is 0 Å². The number of nitrogens with zero attached hydrogens (tertiary/aromatic N) is 1. The summed E-state index contributed by atoms with van der Waals surface area (Å²) < 4.78 is 26.9. The van der Waals surface area contributed by atoms with Crippen molar-refractivity contribution in [1.29, 1.82) is 0 Å². The Morgan fingerprint density at radius 2 is 1.81 bits per heavy atom. The van der Waals surface area contributed by atoms with Crippen molar-refractivity contribution in [3.63, 3.8) is 0 Å². The highest BCUT2D eigenvalue weighted by Gasteiger charge is 2.18. The van der Waals surface area contributed by atoms with E-state index in [0.29, 0.717) is 11.3 Å². The van der Waals surface area contributed by atoms with Gasteiger partial charge in [-0.05, 0) is 62.4 Å². The highest BCUT2D eigenvalue weighted by atomic mass is 79.9. The smallest absolute Gasteiger partial charge is 0.340 e. The zero-order chi connectivity index (χ0) is 19.4. The van der Waals surface area contributed by atoms with Crippen LogP contribution in [0.2, 0.25) is 0 Å². The van der Waals surface area contributed by atoms with Crippen molar-refractivity contribution in [1.82, 2.24) is 4.57 Å². The van der Waals surface area contributed by atoms with E-state index in [1.54, 1.807) is 18.2 Å². The maximum absolute atomic E-state index is 13.2. The molecule has 0 radical (unpaired) electrons. The molecule has 0 atom stereocenters. The highest BCUT2D eigenvalue weighted by Crippen LogP contribution is 2.22. The largest absolute Gasteiger partial charge is 0.490 e. The van der Waals surface area contributed by atoms with Crippen LogP contribution in [0, 0.1) is 19.7 Å². The molecule has 0 spiro atoms. The summed E-state index contributed by atoms with van der Waals surface area (Å²) in [5, 5.41) is 0. The van der Waals surface area contributed by atoms with Gasteiger partial charge in [-0.2, -0.15) is 0 Å². The van der Waals surface area contributed by atoms with Crippen LogP contribution < -0.4 is 4.74 Å². The van der Waals surface area contributed by atoms with Crippen LogP contribution in [-0.4, -0.2) is 23.8 Å². The number of esters is 1. The van der Waals surface area contributed by atoms with E-state index < -0.39 is 5.97 Å². The fraction of sp³-hybridized carbons (Fsp3) is 0.190. The summed E-state index contributed by atoms with van der Waals surface area (Å²) in [5.74, 6) is -0.00416. The summed E-state index contributed by atoms with van der Waals surface area (Å²) in [7, 11) is 0. The van der Waals surface area contributed by atoms with Gasteiger partial charge in [0, 0.05) is 21.5 Å². The molecule has 6 heteroatoms. The molecule has 0 N–H and O–H groups in total. The first-order valence-electron chi connectivity index (χ1n) is 8.46. The molecule has 0 amide bonds. The number of aromatic nitrogens is 1. The minimum Gasteiger partial charge on any atom is -0.490 e. The van der Waals surface area contributed by atoms with Gasteiger partial charge in [0.05, 0.1) is 5.56 Å². The van der Waals surface area contributed by atoms with Crippen LogP contribution in [0.4, 0.5) is 4.39 Å². The molecule has 0 saturated heterocycles. The van der Waals surface area contributed by atoms with E-state index in [1.807, 2.05) is 42.7 Å². The summed E-state index contributed by atoms with van der Waals surface area (Å²) in [6.45, 7) is 4.14. The van der Waals surface area contributed by atoms with E-state index in [9.17, 15) is 9.18 Å². The molecule has 27 heavy (non-hydrogen) atoms. The summed E-state index contributed by atoms with van der Waals surface area (Å²) in [6, 6.07) is 15.4. The second kappa shape index (κ2) is 8.39. The molecule has 0 unspecified atom stereocenters. The number of rotatable bonds is 6. The molecular weight excluding hydrogens is 413 g/mol. The molecule has 0 fully saturated rings. The lowest BCUT2D eigenvalue weighted by Crippen LogP contribution is -2.13. The van der Waals surface area contributed by atoms with Crippen molar-refractivity contribution in [3.8, 4) is 11.4 Å². The molecule has 3 aromatic rings. The van der Waals surface area contributed by atoms with Gasteiger partial charge in [-0.15, -0.1) is 0 Å². The number of benzene rings is 2. The Kier molecular flexibility index (Phi) is 5.96. The third-order valence-electron chi connectivity index (χ3n) is 4.12. The lowest BCUT2D eigenvalue weighted by molar-refractivity contribution is 0.0449. The molecule has 4 nitrogen and oxygen atoms in total. The van der Waals surface area contributed by atoms with Crippen LogP contribution in [0.25, 0.3) is 5.69 Å². The number of carbonyl (C=O) groups is 1. The Labute approximate surface area is 165 Å². The van der Waals surface area contributed by atoms with Crippen molar-refractivity contribution < 1.29 is 18.7 Å². The Hall–Kier alpha value is -2.60. The lowest BCUT2D eigenvalue weighted by Gasteiger charge is -2.10. The maximum Gasteiger partial charge on any atom is 0.340 e. The Morgan fingerprint density at radius 3 is 2.52 bits per heavy atom. The Balaban J connectivity index is 1.63. The zero-order valence-electron chi connectivity index (χ0n) is 15.0. The maximum atomic E-state index is 13.2. The van der Waals surface area contributed by atoms with E-state index >= 15 is 0 Å². The monoisotopic (exact) mass is 431 g/mol. The number of ether oxygens (including phenoxy) is 2. The fourth-order valence-corrected chi connectivity index (χ4v) is 3.26. The number of aryl methyl sites for hydroxylation is 1. The number of halogens is 2. The first-order valence-corrected chi connectivity index (χ1v) is 9.25. The van der Waals surface area contributed by atoms with E-state index in [0.717, 1.165) is 21.5 Å². The molecule has 3 rings (SSSR count). The molecule has 0 aliphatic heterocycles. The number of carbonyl (C=O) groups excluding carboxylic acids is 1. The minimum absolute atomic E-state index is 0.144. The van der Waals surface area contributed by atoms with E-state index in [2.05, 4.69) is 15.9 Å². The van der Waals surface area contributed by atoms with Crippen LogP contribution in [-0.2, 0) is 4.74 Å². The van der Waals surface area contributed by atoms with Gasteiger partial charge in [0.25, 0.3) is 0 Å². The molecule has 1 heterocycles. The third-order valence-corrected chi connectivity index (χ3v) is 4.61. The zero-order valence-corrected chi connectivity index (χ0v) is 16.6. The van der Waals surface area contributed by atoms with Crippen LogP contribution in [0.5, 0.6) is 5.75 Å². The molecule has 0 bridgehead atoms. The molecule has 0 saturated carbocycles. The van der Waals surface area contributed by atoms with E-state index in [4.69, 9.17) is 9.47 Å². The normalized spacial score (nSPS) is 10.7. The van der Waals surface area contributed by atoms with Crippen molar-refractivity contribution >= 4 is 21.9 Å². The van der Waals surface area contributed by atoms with Crippen molar-refractivity contribution in [3.05, 3.63) is 81.8 Å². The van der Waals surface area contributed by atoms with Gasteiger partial charge in [0.1, 0.15) is 24.8 Å². The van der Waals surface area contributed by atoms with Gasteiger partial charge < -0.3 is 14.0 Å². The minimum atomic E-state index is -0.408. The average molecular weight is 432 g/mol. The van der Waals surface area contributed by atoms with Crippen molar-refractivity contribution in [2.24, 2.45) is 0 Å². The van der Waals surface area contributed by atoms with Crippen molar-refractivity contribution in [2.45, 2.75) is 13.8 Å². The van der Waals surface area contributed by atoms with Crippen LogP contribution in [0.1, 0.15) is 21.7 Å². The topological polar surface area (TPSA) is 40.5 Å². The lowest BCUT2D eigenvalue weighted by atomic mass is 10.2. The predicted octanol–water partition coefficient (Wildman–Crippen LogP) is 5.23. The van der Waals surface area contributed by atoms with Crippen LogP contribution in [0.15, 0.2) is 59.1 Å². The Bertz CT molecular complexity index is 951. The first kappa shape index (κ1) is 19.2. The third kappa shape index (κ3) is 4.57. The van der Waals surface area contributed by atoms with Gasteiger partial charge in [0.15, 0.2) is 0 Å². The SMILES string of the molecule is Cc1cc(C(=O)OCCOc2cccc(Br)c2)c(C)n1-c1ccc(F)cc1. The van der Waals surface area contributed by atoms with Gasteiger partial charge in [0.2, 0.25) is 0 Å².